The first kappa shape index (κ1) is 15.4. The van der Waals surface area contributed by atoms with E-state index in [1.165, 1.54) is 6.07 Å². The van der Waals surface area contributed by atoms with E-state index in [1.807, 2.05) is 0 Å². The van der Waals surface area contributed by atoms with Gasteiger partial charge in [-0.15, -0.1) is 0 Å². The summed E-state index contributed by atoms with van der Waals surface area (Å²) in [5.41, 5.74) is 1.08. The predicted octanol–water partition coefficient (Wildman–Crippen LogP) is 2.54. The van der Waals surface area contributed by atoms with Gasteiger partial charge in [-0.3, -0.25) is 9.00 Å². The molecular weight excluding hydrogens is 289 g/mol. The summed E-state index contributed by atoms with van der Waals surface area (Å²) in [5.74, 6) is -0.485. The third kappa shape index (κ3) is 4.23. The standard InChI is InChI=1S/C16H16FNO2S/c1-21(20)14-8-6-13(7-9-14)16(19)18-11-10-12-4-2-3-5-15(12)17/h2-9H,10-11H2,1H3,(H,18,19). The molecule has 5 heteroatoms. The summed E-state index contributed by atoms with van der Waals surface area (Å²) in [6.45, 7) is 0.362. The van der Waals surface area contributed by atoms with E-state index in [0.717, 1.165) is 0 Å². The zero-order valence-corrected chi connectivity index (χ0v) is 12.5. The maximum absolute atomic E-state index is 13.4. The van der Waals surface area contributed by atoms with Crippen LogP contribution in [0.1, 0.15) is 15.9 Å². The number of carbonyl (C=O) groups is 1. The topological polar surface area (TPSA) is 46.2 Å². The summed E-state index contributed by atoms with van der Waals surface area (Å²) in [4.78, 5) is 12.6. The smallest absolute Gasteiger partial charge is 0.251 e. The monoisotopic (exact) mass is 305 g/mol. The summed E-state index contributed by atoms with van der Waals surface area (Å²) in [7, 11) is -1.06. The zero-order chi connectivity index (χ0) is 15.2. The molecule has 0 bridgehead atoms. The molecule has 0 saturated carbocycles. The van der Waals surface area contributed by atoms with Crippen LogP contribution in [0.4, 0.5) is 4.39 Å². The minimum atomic E-state index is -1.06. The van der Waals surface area contributed by atoms with E-state index < -0.39 is 10.8 Å². The molecule has 2 aromatic carbocycles. The molecule has 0 aliphatic rings. The zero-order valence-electron chi connectivity index (χ0n) is 11.6. The van der Waals surface area contributed by atoms with Crippen LogP contribution >= 0.6 is 0 Å². The molecule has 0 fully saturated rings. The molecule has 0 aliphatic carbocycles. The molecule has 0 aromatic heterocycles. The molecule has 2 rings (SSSR count). The molecule has 0 heterocycles. The molecular formula is C16H16FNO2S. The van der Waals surface area contributed by atoms with Gasteiger partial charge in [-0.05, 0) is 42.3 Å². The van der Waals surface area contributed by atoms with Crippen molar-refractivity contribution >= 4 is 16.7 Å². The van der Waals surface area contributed by atoms with E-state index in [2.05, 4.69) is 5.32 Å². The maximum atomic E-state index is 13.4. The molecule has 0 radical (unpaired) electrons. The Labute approximate surface area is 125 Å². The minimum absolute atomic E-state index is 0.222. The lowest BCUT2D eigenvalue weighted by Crippen LogP contribution is -2.25. The molecule has 1 atom stereocenters. The third-order valence-electron chi connectivity index (χ3n) is 3.09. The van der Waals surface area contributed by atoms with Crippen molar-refractivity contribution in [3.63, 3.8) is 0 Å². The van der Waals surface area contributed by atoms with Crippen molar-refractivity contribution in [3.8, 4) is 0 Å². The summed E-state index contributed by atoms with van der Waals surface area (Å²) in [5, 5.41) is 2.74. The summed E-state index contributed by atoms with van der Waals surface area (Å²) < 4.78 is 24.7. The highest BCUT2D eigenvalue weighted by Crippen LogP contribution is 2.08. The predicted molar refractivity (Wildman–Crippen MR) is 81.2 cm³/mol. The molecule has 2 aromatic rings. The average molecular weight is 305 g/mol. The van der Waals surface area contributed by atoms with Crippen LogP contribution in [0.2, 0.25) is 0 Å². The van der Waals surface area contributed by atoms with Gasteiger partial charge in [0.05, 0.1) is 0 Å². The summed E-state index contributed by atoms with van der Waals surface area (Å²) in [6.07, 6.45) is 2.03. The van der Waals surface area contributed by atoms with Crippen molar-refractivity contribution in [1.29, 1.82) is 0 Å². The molecule has 0 aliphatic heterocycles. The average Bonchev–Trinajstić information content (AvgIpc) is 2.49. The van der Waals surface area contributed by atoms with Gasteiger partial charge in [-0.1, -0.05) is 18.2 Å². The van der Waals surface area contributed by atoms with E-state index in [1.54, 1.807) is 48.7 Å². The van der Waals surface area contributed by atoms with E-state index in [0.29, 0.717) is 29.0 Å². The van der Waals surface area contributed by atoms with Gasteiger partial charge in [0.15, 0.2) is 0 Å². The first-order valence-electron chi connectivity index (χ1n) is 6.53. The van der Waals surface area contributed by atoms with Crippen LogP contribution in [0.5, 0.6) is 0 Å². The first-order valence-corrected chi connectivity index (χ1v) is 8.09. The van der Waals surface area contributed by atoms with Crippen molar-refractivity contribution in [2.75, 3.05) is 12.8 Å². The lowest BCUT2D eigenvalue weighted by molar-refractivity contribution is 0.0954. The van der Waals surface area contributed by atoms with E-state index in [-0.39, 0.29) is 11.7 Å². The number of nitrogens with one attached hydrogen (secondary N) is 1. The fourth-order valence-electron chi connectivity index (χ4n) is 1.91. The number of carbonyl (C=O) groups excluding carboxylic acids is 1. The van der Waals surface area contributed by atoms with Crippen LogP contribution in [0.15, 0.2) is 53.4 Å². The molecule has 1 unspecified atom stereocenters. The number of halogens is 1. The van der Waals surface area contributed by atoms with E-state index in [4.69, 9.17) is 0 Å². The van der Waals surface area contributed by atoms with Gasteiger partial charge < -0.3 is 5.32 Å². The number of rotatable bonds is 5. The highest BCUT2D eigenvalue weighted by atomic mass is 32.2. The van der Waals surface area contributed by atoms with Crippen molar-refractivity contribution < 1.29 is 13.4 Å². The fraction of sp³-hybridized carbons (Fsp3) is 0.188. The molecule has 3 nitrogen and oxygen atoms in total. The normalized spacial score (nSPS) is 11.9. The SMILES string of the molecule is CS(=O)c1ccc(C(=O)NCCc2ccccc2F)cc1. The molecule has 0 saturated heterocycles. The third-order valence-corrected chi connectivity index (χ3v) is 4.02. The lowest BCUT2D eigenvalue weighted by Gasteiger charge is -2.06. The van der Waals surface area contributed by atoms with Gasteiger partial charge in [0.2, 0.25) is 0 Å². The van der Waals surface area contributed by atoms with Crippen molar-refractivity contribution in [1.82, 2.24) is 5.32 Å². The van der Waals surface area contributed by atoms with Gasteiger partial charge in [-0.25, -0.2) is 4.39 Å². The highest BCUT2D eigenvalue weighted by molar-refractivity contribution is 7.84. The Kier molecular flexibility index (Phi) is 5.22. The van der Waals surface area contributed by atoms with Crippen LogP contribution < -0.4 is 5.32 Å². The second-order valence-electron chi connectivity index (χ2n) is 4.58. The summed E-state index contributed by atoms with van der Waals surface area (Å²) >= 11 is 0. The maximum Gasteiger partial charge on any atom is 0.251 e. The first-order chi connectivity index (χ1) is 10.1. The quantitative estimate of drug-likeness (QED) is 0.922. The summed E-state index contributed by atoms with van der Waals surface area (Å²) in [6, 6.07) is 13.1. The lowest BCUT2D eigenvalue weighted by atomic mass is 10.1. The van der Waals surface area contributed by atoms with Crippen molar-refractivity contribution in [2.24, 2.45) is 0 Å². The fourth-order valence-corrected chi connectivity index (χ4v) is 2.43. The molecule has 21 heavy (non-hydrogen) atoms. The van der Waals surface area contributed by atoms with Gasteiger partial charge in [0.1, 0.15) is 5.82 Å². The van der Waals surface area contributed by atoms with Crippen molar-refractivity contribution in [3.05, 3.63) is 65.5 Å². The van der Waals surface area contributed by atoms with Crippen LogP contribution in [0, 0.1) is 5.82 Å². The Balaban J connectivity index is 1.90. The largest absolute Gasteiger partial charge is 0.352 e. The number of hydrogen-bond acceptors (Lipinski definition) is 2. The molecule has 1 N–H and O–H groups in total. The number of amides is 1. The minimum Gasteiger partial charge on any atom is -0.352 e. The Morgan fingerprint density at radius 1 is 1.14 bits per heavy atom. The molecule has 0 spiro atoms. The van der Waals surface area contributed by atoms with Gasteiger partial charge in [0.25, 0.3) is 5.91 Å². The molecule has 110 valence electrons. The second-order valence-corrected chi connectivity index (χ2v) is 5.96. The van der Waals surface area contributed by atoms with Crippen LogP contribution in [-0.4, -0.2) is 22.9 Å². The van der Waals surface area contributed by atoms with Gasteiger partial charge >= 0.3 is 0 Å². The highest BCUT2D eigenvalue weighted by Gasteiger charge is 2.07. The Hall–Kier alpha value is -2.01. The van der Waals surface area contributed by atoms with Crippen LogP contribution in [-0.2, 0) is 17.2 Å². The number of hydrogen-bond donors (Lipinski definition) is 1. The van der Waals surface area contributed by atoms with Crippen LogP contribution in [0.25, 0.3) is 0 Å². The van der Waals surface area contributed by atoms with Crippen LogP contribution in [0.3, 0.4) is 0 Å². The molecule has 1 amide bonds. The van der Waals surface area contributed by atoms with E-state index >= 15 is 0 Å². The van der Waals surface area contributed by atoms with Gasteiger partial charge in [-0.2, -0.15) is 0 Å². The Morgan fingerprint density at radius 2 is 1.81 bits per heavy atom. The second kappa shape index (κ2) is 7.13. The Morgan fingerprint density at radius 3 is 2.43 bits per heavy atom. The van der Waals surface area contributed by atoms with Crippen molar-refractivity contribution in [2.45, 2.75) is 11.3 Å². The Bertz CT molecular complexity index is 656. The van der Waals surface area contributed by atoms with Gasteiger partial charge in [0, 0.05) is 34.1 Å². The number of benzene rings is 2. The van der Waals surface area contributed by atoms with E-state index in [9.17, 15) is 13.4 Å².